The van der Waals surface area contributed by atoms with Gasteiger partial charge in [-0.3, -0.25) is 4.79 Å². The molecule has 0 unspecified atom stereocenters. The molecule has 0 bridgehead atoms. The number of benzene rings is 2. The second-order valence-electron chi connectivity index (χ2n) is 6.46. The number of ether oxygens (including phenoxy) is 2. The quantitative estimate of drug-likeness (QED) is 0.556. The van der Waals surface area contributed by atoms with Gasteiger partial charge in [0.15, 0.2) is 5.13 Å². The summed E-state index contributed by atoms with van der Waals surface area (Å²) in [7, 11) is 3.21. The van der Waals surface area contributed by atoms with Gasteiger partial charge in [-0.15, -0.1) is 0 Å². The zero-order valence-corrected chi connectivity index (χ0v) is 17.6. The third-order valence-corrected chi connectivity index (χ3v) is 5.58. The van der Waals surface area contributed by atoms with Gasteiger partial charge in [-0.2, -0.15) is 0 Å². The zero-order valence-electron chi connectivity index (χ0n) is 16.8. The predicted molar refractivity (Wildman–Crippen MR) is 116 cm³/mol. The number of anilines is 1. The molecule has 2 aromatic carbocycles. The number of aromatic nitrogens is 1. The van der Waals surface area contributed by atoms with Gasteiger partial charge in [0.05, 0.1) is 19.9 Å². The van der Waals surface area contributed by atoms with E-state index in [4.69, 9.17) is 9.47 Å². The number of rotatable bonds is 9. The van der Waals surface area contributed by atoms with Crippen molar-refractivity contribution in [3.63, 3.8) is 0 Å². The summed E-state index contributed by atoms with van der Waals surface area (Å²) in [6.07, 6.45) is 0.899. The fraction of sp³-hybridized carbons (Fsp3) is 0.273. The van der Waals surface area contributed by atoms with Gasteiger partial charge in [0.25, 0.3) is 5.91 Å². The number of carbonyl (C=O) groups is 1. The van der Waals surface area contributed by atoms with Gasteiger partial charge in [0.1, 0.15) is 16.4 Å². The molecule has 0 aliphatic rings. The molecule has 3 aromatic rings. The van der Waals surface area contributed by atoms with E-state index < -0.39 is 0 Å². The van der Waals surface area contributed by atoms with Crippen LogP contribution in [0.4, 0.5) is 5.13 Å². The molecule has 0 fully saturated rings. The number of methoxy groups -OCH3 is 2. The second kappa shape index (κ2) is 9.93. The highest BCUT2D eigenvalue weighted by atomic mass is 32.1. The van der Waals surface area contributed by atoms with E-state index in [0.29, 0.717) is 28.6 Å². The van der Waals surface area contributed by atoms with Gasteiger partial charge in [-0.05, 0) is 37.1 Å². The van der Waals surface area contributed by atoms with Crippen LogP contribution in [0.2, 0.25) is 0 Å². The van der Waals surface area contributed by atoms with Crippen molar-refractivity contribution in [2.75, 3.05) is 26.1 Å². The minimum Gasteiger partial charge on any atom is -0.497 e. The van der Waals surface area contributed by atoms with Gasteiger partial charge in [-0.25, -0.2) is 4.98 Å². The van der Waals surface area contributed by atoms with E-state index in [1.54, 1.807) is 14.2 Å². The summed E-state index contributed by atoms with van der Waals surface area (Å²) >= 11 is 1.37. The van der Waals surface area contributed by atoms with Crippen LogP contribution in [-0.2, 0) is 13.0 Å². The maximum atomic E-state index is 12.7. The van der Waals surface area contributed by atoms with Gasteiger partial charge in [-0.1, -0.05) is 41.7 Å². The maximum Gasteiger partial charge on any atom is 0.263 e. The van der Waals surface area contributed by atoms with Gasteiger partial charge in [0, 0.05) is 18.7 Å². The first-order valence-corrected chi connectivity index (χ1v) is 10.2. The molecule has 2 N–H and O–H groups in total. The van der Waals surface area contributed by atoms with Crippen molar-refractivity contribution in [1.29, 1.82) is 0 Å². The second-order valence-corrected chi connectivity index (χ2v) is 7.46. The van der Waals surface area contributed by atoms with Crippen LogP contribution in [0.15, 0.2) is 48.5 Å². The van der Waals surface area contributed by atoms with E-state index in [1.807, 2.05) is 43.3 Å². The molecule has 7 heteroatoms. The van der Waals surface area contributed by atoms with Crippen LogP contribution in [-0.4, -0.2) is 31.7 Å². The Kier molecular flexibility index (Phi) is 7.08. The molecule has 3 rings (SSSR count). The normalized spacial score (nSPS) is 10.4. The summed E-state index contributed by atoms with van der Waals surface area (Å²) in [5, 5.41) is 7.01. The molecule has 0 saturated carbocycles. The largest absolute Gasteiger partial charge is 0.497 e. The predicted octanol–water partition coefficient (Wildman–Crippen LogP) is 4.05. The van der Waals surface area contributed by atoms with Crippen molar-refractivity contribution in [2.45, 2.75) is 19.9 Å². The maximum absolute atomic E-state index is 12.7. The molecule has 0 aliphatic carbocycles. The third-order valence-electron chi connectivity index (χ3n) is 4.46. The monoisotopic (exact) mass is 411 g/mol. The van der Waals surface area contributed by atoms with Crippen LogP contribution in [0.5, 0.6) is 11.5 Å². The van der Waals surface area contributed by atoms with E-state index in [0.717, 1.165) is 23.7 Å². The summed E-state index contributed by atoms with van der Waals surface area (Å²) in [6, 6.07) is 15.8. The first-order chi connectivity index (χ1) is 14.1. The number of amides is 1. The Balaban J connectivity index is 1.58. The van der Waals surface area contributed by atoms with Crippen LogP contribution in [0.1, 0.15) is 26.5 Å². The lowest BCUT2D eigenvalue weighted by atomic mass is 10.1. The molecule has 1 heterocycles. The van der Waals surface area contributed by atoms with E-state index in [9.17, 15) is 4.79 Å². The number of carbonyl (C=O) groups excluding carboxylic acids is 1. The van der Waals surface area contributed by atoms with E-state index in [-0.39, 0.29) is 5.91 Å². The molecule has 0 aliphatic heterocycles. The first kappa shape index (κ1) is 20.7. The highest BCUT2D eigenvalue weighted by molar-refractivity contribution is 7.17. The molecule has 0 atom stereocenters. The highest BCUT2D eigenvalue weighted by Crippen LogP contribution is 2.25. The molecule has 6 nitrogen and oxygen atoms in total. The Hall–Kier alpha value is -3.06. The van der Waals surface area contributed by atoms with Crippen molar-refractivity contribution < 1.29 is 14.3 Å². The SMILES string of the molecule is COc1ccc(OC)c(CNC(=O)c2sc(NCCc3ccccc3)nc2C)c1. The molecule has 29 heavy (non-hydrogen) atoms. The summed E-state index contributed by atoms with van der Waals surface area (Å²) in [4.78, 5) is 17.7. The molecule has 1 amide bonds. The number of nitrogens with one attached hydrogen (secondary N) is 2. The third kappa shape index (κ3) is 5.48. The Morgan fingerprint density at radius 3 is 2.62 bits per heavy atom. The number of hydrogen-bond acceptors (Lipinski definition) is 6. The molecular formula is C22H25N3O3S. The lowest BCUT2D eigenvalue weighted by molar-refractivity contribution is 0.0954. The summed E-state index contributed by atoms with van der Waals surface area (Å²) in [5.41, 5.74) is 2.83. The van der Waals surface area contributed by atoms with E-state index >= 15 is 0 Å². The topological polar surface area (TPSA) is 72.5 Å². The van der Waals surface area contributed by atoms with Crippen LogP contribution in [0.3, 0.4) is 0 Å². The summed E-state index contributed by atoms with van der Waals surface area (Å²) < 4.78 is 10.6. The van der Waals surface area contributed by atoms with Gasteiger partial charge < -0.3 is 20.1 Å². The highest BCUT2D eigenvalue weighted by Gasteiger charge is 2.16. The van der Waals surface area contributed by atoms with Crippen molar-refractivity contribution in [3.05, 3.63) is 70.2 Å². The average Bonchev–Trinajstić information content (AvgIpc) is 3.13. The van der Waals surface area contributed by atoms with Crippen LogP contribution in [0.25, 0.3) is 0 Å². The average molecular weight is 412 g/mol. The summed E-state index contributed by atoms with van der Waals surface area (Å²) in [6.45, 7) is 2.95. The van der Waals surface area contributed by atoms with E-state index in [2.05, 4.69) is 27.8 Å². The minimum absolute atomic E-state index is 0.152. The van der Waals surface area contributed by atoms with Crippen molar-refractivity contribution >= 4 is 22.4 Å². The van der Waals surface area contributed by atoms with Crippen LogP contribution < -0.4 is 20.1 Å². The van der Waals surface area contributed by atoms with Crippen LogP contribution >= 0.6 is 11.3 Å². The number of hydrogen-bond donors (Lipinski definition) is 2. The van der Waals surface area contributed by atoms with Crippen molar-refractivity contribution in [3.8, 4) is 11.5 Å². The molecular weight excluding hydrogens is 386 g/mol. The van der Waals surface area contributed by atoms with Gasteiger partial charge in [0.2, 0.25) is 0 Å². The van der Waals surface area contributed by atoms with Crippen LogP contribution in [0, 0.1) is 6.92 Å². The van der Waals surface area contributed by atoms with Gasteiger partial charge >= 0.3 is 0 Å². The van der Waals surface area contributed by atoms with E-state index in [1.165, 1.54) is 16.9 Å². The van der Waals surface area contributed by atoms with Crippen molar-refractivity contribution in [2.24, 2.45) is 0 Å². The lowest BCUT2D eigenvalue weighted by Gasteiger charge is -2.11. The molecule has 0 spiro atoms. The Labute approximate surface area is 174 Å². The zero-order chi connectivity index (χ0) is 20.6. The fourth-order valence-corrected chi connectivity index (χ4v) is 3.83. The number of thiazole rings is 1. The molecule has 0 radical (unpaired) electrons. The standard InChI is InChI=1S/C22H25N3O3S/c1-15-20(29-22(25-15)23-12-11-16-7-5-4-6-8-16)21(26)24-14-17-13-18(27-2)9-10-19(17)28-3/h4-10,13H,11-12,14H2,1-3H3,(H,23,25)(H,24,26). The fourth-order valence-electron chi connectivity index (χ4n) is 2.92. The number of aryl methyl sites for hydroxylation is 1. The Morgan fingerprint density at radius 2 is 1.90 bits per heavy atom. The minimum atomic E-state index is -0.152. The summed E-state index contributed by atoms with van der Waals surface area (Å²) in [5.74, 6) is 1.27. The molecule has 152 valence electrons. The molecule has 0 saturated heterocycles. The first-order valence-electron chi connectivity index (χ1n) is 9.35. The molecule has 1 aromatic heterocycles. The van der Waals surface area contributed by atoms with Crippen molar-refractivity contribution in [1.82, 2.24) is 10.3 Å². The number of nitrogens with zero attached hydrogens (tertiary/aromatic N) is 1. The Bertz CT molecular complexity index is 957. The smallest absolute Gasteiger partial charge is 0.263 e. The lowest BCUT2D eigenvalue weighted by Crippen LogP contribution is -2.22. The Morgan fingerprint density at radius 1 is 1.10 bits per heavy atom.